The molecule has 2 aliphatic rings. The number of carbonyl (C=O) groups excluding carboxylic acids is 1. The van der Waals surface area contributed by atoms with E-state index >= 15 is 0 Å². The molecule has 0 spiro atoms. The minimum atomic E-state index is -0.394. The number of rotatable bonds is 8. The van der Waals surface area contributed by atoms with Crippen molar-refractivity contribution >= 4 is 30.6 Å². The zero-order valence-electron chi connectivity index (χ0n) is 21.0. The van der Waals surface area contributed by atoms with Gasteiger partial charge in [-0.1, -0.05) is 24.3 Å². The summed E-state index contributed by atoms with van der Waals surface area (Å²) in [6, 6.07) is 13.3. The summed E-state index contributed by atoms with van der Waals surface area (Å²) >= 11 is 0. The summed E-state index contributed by atoms with van der Waals surface area (Å²) in [5.74, 6) is -1.30. The number of Topliss-reactive ketones (excluding diaryl/α,β-unsaturated/α-hetero) is 1. The van der Waals surface area contributed by atoms with Crippen molar-refractivity contribution in [2.45, 2.75) is 37.8 Å². The monoisotopic (exact) mass is 542 g/mol. The molecule has 5 nitrogen and oxygen atoms in total. The molecule has 2 aromatic rings. The third-order valence-corrected chi connectivity index (χ3v) is 7.34. The summed E-state index contributed by atoms with van der Waals surface area (Å²) in [6.07, 6.45) is 0. The molecule has 2 heterocycles. The second-order valence-electron chi connectivity index (χ2n) is 9.71. The Morgan fingerprint density at radius 2 is 1.14 bits per heavy atom. The van der Waals surface area contributed by atoms with Crippen LogP contribution in [0.1, 0.15) is 36.8 Å². The molecule has 0 radical (unpaired) electrons. The fourth-order valence-electron chi connectivity index (χ4n) is 5.13. The lowest BCUT2D eigenvalue weighted by Gasteiger charge is -2.39. The maximum atomic E-state index is 14.3. The second-order valence-corrected chi connectivity index (χ2v) is 9.71. The zero-order chi connectivity index (χ0) is 24.1. The maximum absolute atomic E-state index is 14.3. The number of ketones is 1. The molecule has 36 heavy (non-hydrogen) atoms. The lowest BCUT2D eigenvalue weighted by atomic mass is 9.82. The van der Waals surface area contributed by atoms with Crippen molar-refractivity contribution in [1.82, 2.24) is 20.4 Å². The smallest absolute Gasteiger partial charge is 0.150 e. The molecule has 2 N–H and O–H groups in total. The van der Waals surface area contributed by atoms with Crippen LogP contribution in [0.3, 0.4) is 0 Å². The normalized spacial score (nSPS) is 22.7. The Morgan fingerprint density at radius 1 is 0.778 bits per heavy atom. The molecule has 0 bridgehead atoms. The summed E-state index contributed by atoms with van der Waals surface area (Å²) in [6.45, 7) is 10.8. The molecule has 2 fully saturated rings. The summed E-state index contributed by atoms with van der Waals surface area (Å²) in [7, 11) is 0. The number of nitrogens with one attached hydrogen (secondary N) is 2. The van der Waals surface area contributed by atoms with Gasteiger partial charge in [-0.25, -0.2) is 8.78 Å². The Kier molecular flexibility index (Phi) is 12.2. The van der Waals surface area contributed by atoms with E-state index in [2.05, 4.69) is 34.3 Å². The van der Waals surface area contributed by atoms with E-state index < -0.39 is 11.8 Å². The molecule has 200 valence electrons. The molecule has 0 aliphatic carbocycles. The van der Waals surface area contributed by atoms with Crippen LogP contribution < -0.4 is 10.6 Å². The third kappa shape index (κ3) is 7.70. The molecule has 0 amide bonds. The number of hydrogen-bond acceptors (Lipinski definition) is 5. The summed E-state index contributed by atoms with van der Waals surface area (Å²) in [5.41, 5.74) is 1.66. The van der Waals surface area contributed by atoms with Gasteiger partial charge in [0.1, 0.15) is 17.4 Å². The first kappa shape index (κ1) is 30.6. The highest BCUT2D eigenvalue weighted by Crippen LogP contribution is 2.30. The van der Waals surface area contributed by atoms with Gasteiger partial charge in [-0.05, 0) is 49.2 Å². The van der Waals surface area contributed by atoms with Gasteiger partial charge in [0.05, 0.1) is 11.8 Å². The van der Waals surface area contributed by atoms with Gasteiger partial charge < -0.3 is 10.6 Å². The van der Waals surface area contributed by atoms with Crippen LogP contribution in [-0.4, -0.2) is 80.0 Å². The molecular weight excluding hydrogens is 505 g/mol. The molecule has 9 heteroatoms. The predicted octanol–water partition coefficient (Wildman–Crippen LogP) is 3.83. The van der Waals surface area contributed by atoms with Crippen molar-refractivity contribution in [2.24, 2.45) is 0 Å². The van der Waals surface area contributed by atoms with E-state index in [0.29, 0.717) is 25.2 Å². The Morgan fingerprint density at radius 3 is 1.47 bits per heavy atom. The van der Waals surface area contributed by atoms with E-state index in [-0.39, 0.29) is 42.2 Å². The quantitative estimate of drug-likeness (QED) is 0.530. The largest absolute Gasteiger partial charge is 0.314 e. The third-order valence-electron chi connectivity index (χ3n) is 7.34. The van der Waals surface area contributed by atoms with Gasteiger partial charge in [0.2, 0.25) is 0 Å². The average Bonchev–Trinajstić information content (AvgIpc) is 2.84. The van der Waals surface area contributed by atoms with Crippen molar-refractivity contribution in [3.05, 3.63) is 71.3 Å². The van der Waals surface area contributed by atoms with Gasteiger partial charge in [-0.2, -0.15) is 0 Å². The molecule has 0 aromatic heterocycles. The van der Waals surface area contributed by atoms with Crippen LogP contribution in [0, 0.1) is 11.6 Å². The lowest BCUT2D eigenvalue weighted by Crippen LogP contribution is -2.53. The van der Waals surface area contributed by atoms with Crippen LogP contribution in [0.25, 0.3) is 0 Å². The van der Waals surface area contributed by atoms with Gasteiger partial charge in [0.15, 0.2) is 0 Å². The Balaban J connectivity index is 0.00000228. The topological polar surface area (TPSA) is 47.6 Å². The summed E-state index contributed by atoms with van der Waals surface area (Å²) < 4.78 is 27.5. The Bertz CT molecular complexity index is 872. The van der Waals surface area contributed by atoms with E-state index in [0.717, 1.165) is 50.4 Å². The maximum Gasteiger partial charge on any atom is 0.150 e. The molecule has 2 unspecified atom stereocenters. The van der Waals surface area contributed by atoms with Crippen molar-refractivity contribution in [2.75, 3.05) is 52.4 Å². The standard InChI is InChI=1S/C27H36F2N4O.2ClH/c1-19-15-30-11-13-32(19)17-25(21-3-7-23(28)8-4-21)27(34)26(22-5-9-24(29)10-6-22)18-33-14-12-31-16-20(33)2;;/h3-10,19-20,25-26,30-31H,11-18H2,1-2H3;2*1H/t19?,20?,25-,26-;;/m0../s1. The molecule has 4 atom stereocenters. The summed E-state index contributed by atoms with van der Waals surface area (Å²) in [4.78, 5) is 19.0. The fourth-order valence-corrected chi connectivity index (χ4v) is 5.13. The van der Waals surface area contributed by atoms with Gasteiger partial charge in [-0.15, -0.1) is 24.8 Å². The van der Waals surface area contributed by atoms with E-state index in [1.807, 2.05) is 0 Å². The Hall–Kier alpha value is -1.61. The van der Waals surface area contributed by atoms with E-state index in [4.69, 9.17) is 0 Å². The highest BCUT2D eigenvalue weighted by molar-refractivity contribution is 5.92. The first-order valence-electron chi connectivity index (χ1n) is 12.4. The van der Waals surface area contributed by atoms with E-state index in [1.165, 1.54) is 24.3 Å². The molecular formula is C27H38Cl2F2N4O. The lowest BCUT2D eigenvalue weighted by molar-refractivity contribution is -0.123. The Labute approximate surface area is 225 Å². The molecule has 0 saturated carbocycles. The molecule has 2 aliphatic heterocycles. The SMILES string of the molecule is CC1CNCCN1C[C@H](C(=O)[C@@H](CN1CCNCC1C)c1ccc(F)cc1)c1ccc(F)cc1.Cl.Cl. The van der Waals surface area contributed by atoms with Gasteiger partial charge in [0.25, 0.3) is 0 Å². The van der Waals surface area contributed by atoms with Crippen LogP contribution in [0.2, 0.25) is 0 Å². The molecule has 2 saturated heterocycles. The van der Waals surface area contributed by atoms with Crippen LogP contribution in [0.4, 0.5) is 8.78 Å². The first-order valence-corrected chi connectivity index (χ1v) is 12.4. The second kappa shape index (κ2) is 14.4. The van der Waals surface area contributed by atoms with Gasteiger partial charge >= 0.3 is 0 Å². The van der Waals surface area contributed by atoms with Gasteiger partial charge in [0, 0.05) is 64.4 Å². The van der Waals surface area contributed by atoms with Crippen LogP contribution in [0.5, 0.6) is 0 Å². The average molecular weight is 544 g/mol. The van der Waals surface area contributed by atoms with Crippen LogP contribution >= 0.6 is 24.8 Å². The van der Waals surface area contributed by atoms with Crippen molar-refractivity contribution < 1.29 is 13.6 Å². The van der Waals surface area contributed by atoms with E-state index in [9.17, 15) is 13.6 Å². The minimum absolute atomic E-state index is 0. The van der Waals surface area contributed by atoms with Crippen LogP contribution in [-0.2, 0) is 4.79 Å². The number of hydrogen-bond donors (Lipinski definition) is 2. The number of halogens is 4. The summed E-state index contributed by atoms with van der Waals surface area (Å²) in [5, 5.41) is 6.81. The predicted molar refractivity (Wildman–Crippen MR) is 146 cm³/mol. The first-order chi connectivity index (χ1) is 16.4. The fraction of sp³-hybridized carbons (Fsp3) is 0.519. The number of nitrogens with zero attached hydrogens (tertiary/aromatic N) is 2. The number of carbonyl (C=O) groups is 1. The zero-order valence-corrected chi connectivity index (χ0v) is 22.6. The molecule has 2 aromatic carbocycles. The number of piperazine rings is 2. The molecule has 4 rings (SSSR count). The van der Waals surface area contributed by atoms with Crippen molar-refractivity contribution in [1.29, 1.82) is 0 Å². The highest BCUT2D eigenvalue weighted by atomic mass is 35.5. The number of benzene rings is 2. The minimum Gasteiger partial charge on any atom is -0.314 e. The highest BCUT2D eigenvalue weighted by Gasteiger charge is 2.34. The van der Waals surface area contributed by atoms with Gasteiger partial charge in [-0.3, -0.25) is 14.6 Å². The van der Waals surface area contributed by atoms with Crippen molar-refractivity contribution in [3.63, 3.8) is 0 Å². The van der Waals surface area contributed by atoms with Crippen molar-refractivity contribution in [3.8, 4) is 0 Å². The van der Waals surface area contributed by atoms with Crippen LogP contribution in [0.15, 0.2) is 48.5 Å². The van der Waals surface area contributed by atoms with E-state index in [1.54, 1.807) is 24.3 Å².